The molecule has 1 aliphatic heterocycles. The Morgan fingerprint density at radius 3 is 2.80 bits per heavy atom. The van der Waals surface area contributed by atoms with Gasteiger partial charge >= 0.3 is 0 Å². The van der Waals surface area contributed by atoms with E-state index in [0.717, 1.165) is 25.1 Å². The van der Waals surface area contributed by atoms with Crippen LogP contribution >= 0.6 is 0 Å². The van der Waals surface area contributed by atoms with E-state index in [1.165, 1.54) is 5.56 Å². The summed E-state index contributed by atoms with van der Waals surface area (Å²) in [5.41, 5.74) is 2.19. The summed E-state index contributed by atoms with van der Waals surface area (Å²) in [6.45, 7) is 6.28. The Balaban J connectivity index is 2.27. The van der Waals surface area contributed by atoms with Gasteiger partial charge in [0.05, 0.1) is 0 Å². The van der Waals surface area contributed by atoms with E-state index < -0.39 is 0 Å². The van der Waals surface area contributed by atoms with E-state index in [1.807, 2.05) is 6.92 Å². The fraction of sp³-hybridized carbons (Fsp3) is 0.538. The van der Waals surface area contributed by atoms with Crippen LogP contribution in [0.2, 0.25) is 0 Å². The molecule has 0 bridgehead atoms. The van der Waals surface area contributed by atoms with Gasteiger partial charge in [0.25, 0.3) is 0 Å². The zero-order valence-electron chi connectivity index (χ0n) is 9.39. The maximum atomic E-state index is 13.3. The SMILES string of the molecule is Cc1cc(F)cc(C2CCNCC2C)c1. The number of rotatable bonds is 1. The molecule has 15 heavy (non-hydrogen) atoms. The van der Waals surface area contributed by atoms with Crippen LogP contribution in [0.25, 0.3) is 0 Å². The molecule has 0 spiro atoms. The third-order valence-corrected chi connectivity index (χ3v) is 3.28. The summed E-state index contributed by atoms with van der Waals surface area (Å²) in [6, 6.07) is 5.41. The molecule has 2 rings (SSSR count). The molecular weight excluding hydrogens is 189 g/mol. The van der Waals surface area contributed by atoms with Crippen molar-refractivity contribution in [1.82, 2.24) is 5.32 Å². The first kappa shape index (κ1) is 10.6. The molecule has 0 saturated carbocycles. The Morgan fingerprint density at radius 2 is 2.13 bits per heavy atom. The molecule has 1 fully saturated rings. The zero-order valence-corrected chi connectivity index (χ0v) is 9.39. The monoisotopic (exact) mass is 207 g/mol. The van der Waals surface area contributed by atoms with Crippen molar-refractivity contribution in [3.8, 4) is 0 Å². The van der Waals surface area contributed by atoms with Gasteiger partial charge in [-0.3, -0.25) is 0 Å². The summed E-state index contributed by atoms with van der Waals surface area (Å²) in [4.78, 5) is 0. The third-order valence-electron chi connectivity index (χ3n) is 3.28. The summed E-state index contributed by atoms with van der Waals surface area (Å²) in [5.74, 6) is 1.01. The second-order valence-corrected chi connectivity index (χ2v) is 4.64. The summed E-state index contributed by atoms with van der Waals surface area (Å²) in [7, 11) is 0. The minimum Gasteiger partial charge on any atom is -0.316 e. The van der Waals surface area contributed by atoms with Crippen LogP contribution in [0.5, 0.6) is 0 Å². The summed E-state index contributed by atoms with van der Waals surface area (Å²) in [6.07, 6.45) is 1.12. The van der Waals surface area contributed by atoms with E-state index in [9.17, 15) is 4.39 Å². The second-order valence-electron chi connectivity index (χ2n) is 4.64. The first-order chi connectivity index (χ1) is 7.16. The fourth-order valence-electron chi connectivity index (χ4n) is 2.49. The summed E-state index contributed by atoms with van der Waals surface area (Å²) >= 11 is 0. The normalized spacial score (nSPS) is 26.6. The Labute approximate surface area is 90.7 Å². The Bertz CT molecular complexity index is 328. The molecule has 0 aliphatic carbocycles. The van der Waals surface area contributed by atoms with Crippen LogP contribution in [0.4, 0.5) is 4.39 Å². The van der Waals surface area contributed by atoms with Gasteiger partial charge in [0.2, 0.25) is 0 Å². The van der Waals surface area contributed by atoms with Gasteiger partial charge in [-0.1, -0.05) is 13.0 Å². The van der Waals surface area contributed by atoms with Gasteiger partial charge < -0.3 is 5.32 Å². The molecule has 2 heteroatoms. The van der Waals surface area contributed by atoms with Crippen molar-refractivity contribution < 1.29 is 4.39 Å². The van der Waals surface area contributed by atoms with Crippen molar-refractivity contribution in [2.24, 2.45) is 5.92 Å². The van der Waals surface area contributed by atoms with Crippen LogP contribution in [0.15, 0.2) is 18.2 Å². The number of piperidine rings is 1. The van der Waals surface area contributed by atoms with Crippen LogP contribution in [0.3, 0.4) is 0 Å². The Kier molecular flexibility index (Phi) is 3.06. The van der Waals surface area contributed by atoms with E-state index in [2.05, 4.69) is 18.3 Å². The molecule has 1 nitrogen and oxygen atoms in total. The van der Waals surface area contributed by atoms with Crippen molar-refractivity contribution in [2.45, 2.75) is 26.2 Å². The lowest BCUT2D eigenvalue weighted by atomic mass is 9.82. The molecule has 0 radical (unpaired) electrons. The van der Waals surface area contributed by atoms with Crippen molar-refractivity contribution in [3.05, 3.63) is 35.1 Å². The highest BCUT2D eigenvalue weighted by Crippen LogP contribution is 2.30. The third kappa shape index (κ3) is 2.37. The molecule has 1 saturated heterocycles. The molecular formula is C13H18FN. The van der Waals surface area contributed by atoms with Gasteiger partial charge in [0, 0.05) is 0 Å². The number of hydrogen-bond acceptors (Lipinski definition) is 1. The highest BCUT2D eigenvalue weighted by Gasteiger charge is 2.22. The molecule has 2 atom stereocenters. The molecule has 1 aliphatic rings. The molecule has 1 heterocycles. The standard InChI is InChI=1S/C13H18FN/c1-9-5-11(7-12(14)6-9)13-3-4-15-8-10(13)2/h5-7,10,13,15H,3-4,8H2,1-2H3. The number of benzene rings is 1. The molecule has 2 unspecified atom stereocenters. The van der Waals surface area contributed by atoms with Crippen molar-refractivity contribution in [2.75, 3.05) is 13.1 Å². The molecule has 1 aromatic carbocycles. The summed E-state index contributed by atoms with van der Waals surface area (Å²) in [5, 5.41) is 3.37. The molecule has 82 valence electrons. The average molecular weight is 207 g/mol. The van der Waals surface area contributed by atoms with Crippen molar-refractivity contribution >= 4 is 0 Å². The van der Waals surface area contributed by atoms with Gasteiger partial charge in [-0.2, -0.15) is 0 Å². The first-order valence-electron chi connectivity index (χ1n) is 5.64. The molecule has 0 aromatic heterocycles. The maximum absolute atomic E-state index is 13.3. The highest BCUT2D eigenvalue weighted by atomic mass is 19.1. The Hall–Kier alpha value is -0.890. The van der Waals surface area contributed by atoms with E-state index in [1.54, 1.807) is 12.1 Å². The van der Waals surface area contributed by atoms with Crippen LogP contribution in [-0.2, 0) is 0 Å². The van der Waals surface area contributed by atoms with E-state index >= 15 is 0 Å². The number of aryl methyl sites for hydroxylation is 1. The van der Waals surface area contributed by atoms with Gasteiger partial charge in [-0.05, 0) is 61.5 Å². The quantitative estimate of drug-likeness (QED) is 0.746. The number of hydrogen-bond donors (Lipinski definition) is 1. The number of halogens is 1. The lowest BCUT2D eigenvalue weighted by Crippen LogP contribution is -2.33. The van der Waals surface area contributed by atoms with Gasteiger partial charge in [-0.25, -0.2) is 4.39 Å². The van der Waals surface area contributed by atoms with Gasteiger partial charge in [0.1, 0.15) is 5.82 Å². The average Bonchev–Trinajstić information content (AvgIpc) is 2.16. The van der Waals surface area contributed by atoms with Crippen molar-refractivity contribution in [3.63, 3.8) is 0 Å². The topological polar surface area (TPSA) is 12.0 Å². The van der Waals surface area contributed by atoms with Crippen molar-refractivity contribution in [1.29, 1.82) is 0 Å². The molecule has 1 N–H and O–H groups in total. The predicted molar refractivity (Wildman–Crippen MR) is 60.5 cm³/mol. The zero-order chi connectivity index (χ0) is 10.8. The van der Waals surface area contributed by atoms with Gasteiger partial charge in [-0.15, -0.1) is 0 Å². The van der Waals surface area contributed by atoms with Crippen LogP contribution < -0.4 is 5.32 Å². The van der Waals surface area contributed by atoms with Crippen LogP contribution in [0, 0.1) is 18.7 Å². The van der Waals surface area contributed by atoms with Gasteiger partial charge in [0.15, 0.2) is 0 Å². The van der Waals surface area contributed by atoms with Crippen LogP contribution in [-0.4, -0.2) is 13.1 Å². The minimum absolute atomic E-state index is 0.101. The van der Waals surface area contributed by atoms with Crippen LogP contribution in [0.1, 0.15) is 30.4 Å². The minimum atomic E-state index is -0.101. The van der Waals surface area contributed by atoms with E-state index in [4.69, 9.17) is 0 Å². The lowest BCUT2D eigenvalue weighted by molar-refractivity contribution is 0.348. The summed E-state index contributed by atoms with van der Waals surface area (Å²) < 4.78 is 13.3. The second kappa shape index (κ2) is 4.31. The van der Waals surface area contributed by atoms with E-state index in [-0.39, 0.29) is 5.82 Å². The smallest absolute Gasteiger partial charge is 0.123 e. The maximum Gasteiger partial charge on any atom is 0.123 e. The van der Waals surface area contributed by atoms with E-state index in [0.29, 0.717) is 11.8 Å². The number of nitrogens with one attached hydrogen (secondary N) is 1. The fourth-order valence-corrected chi connectivity index (χ4v) is 2.49. The first-order valence-corrected chi connectivity index (χ1v) is 5.64. The lowest BCUT2D eigenvalue weighted by Gasteiger charge is -2.30. The Morgan fingerprint density at radius 1 is 1.33 bits per heavy atom. The molecule has 0 amide bonds. The highest BCUT2D eigenvalue weighted by molar-refractivity contribution is 5.27. The predicted octanol–water partition coefficient (Wildman–Crippen LogP) is 2.85. The largest absolute Gasteiger partial charge is 0.316 e. The molecule has 1 aromatic rings.